The molecule has 4 nitrogen and oxygen atoms in total. The summed E-state index contributed by atoms with van der Waals surface area (Å²) in [6.07, 6.45) is 3.34. The van der Waals surface area contributed by atoms with Gasteiger partial charge in [-0.3, -0.25) is 4.99 Å². The average Bonchev–Trinajstić information content (AvgIpc) is 3.18. The first-order chi connectivity index (χ1) is 13.2. The number of aryl methyl sites for hydroxylation is 1. The average molecular weight is 510 g/mol. The molecule has 0 radical (unpaired) electrons. The fourth-order valence-electron chi connectivity index (χ4n) is 3.51. The van der Waals surface area contributed by atoms with Crippen molar-refractivity contribution < 1.29 is 0 Å². The van der Waals surface area contributed by atoms with Gasteiger partial charge in [-0.1, -0.05) is 30.3 Å². The summed E-state index contributed by atoms with van der Waals surface area (Å²) >= 11 is 1.79. The maximum atomic E-state index is 4.39. The van der Waals surface area contributed by atoms with Gasteiger partial charge in [0.25, 0.3) is 0 Å². The summed E-state index contributed by atoms with van der Waals surface area (Å²) in [5.41, 5.74) is 3.94. The number of para-hydroxylation sites is 1. The van der Waals surface area contributed by atoms with Crippen LogP contribution in [0, 0.1) is 12.8 Å². The summed E-state index contributed by atoms with van der Waals surface area (Å²) in [5, 5.41) is 6.97. The monoisotopic (exact) mass is 510 g/mol. The van der Waals surface area contributed by atoms with Crippen molar-refractivity contribution >= 4 is 47.4 Å². The van der Waals surface area contributed by atoms with Crippen molar-refractivity contribution in [2.45, 2.75) is 24.8 Å². The van der Waals surface area contributed by atoms with E-state index >= 15 is 0 Å². The Labute approximate surface area is 190 Å². The molecule has 6 heteroatoms. The van der Waals surface area contributed by atoms with Crippen LogP contribution in [0.5, 0.6) is 0 Å². The Balaban J connectivity index is 0.00000280. The standard InChI is InChI=1S/C22H30N4S.HI/c1-17-9-10-19(21(13-17)27-3)15-25-22(23-2)24-14-18-11-12-26(16-18)20-7-5-4-6-8-20;/h4-10,13,18H,11-12,14-16H2,1-3H3,(H2,23,24,25);1H. The topological polar surface area (TPSA) is 39.7 Å². The smallest absolute Gasteiger partial charge is 0.191 e. The summed E-state index contributed by atoms with van der Waals surface area (Å²) in [7, 11) is 1.84. The first-order valence-corrected chi connectivity index (χ1v) is 10.8. The minimum absolute atomic E-state index is 0. The van der Waals surface area contributed by atoms with Crippen molar-refractivity contribution in [1.82, 2.24) is 10.6 Å². The van der Waals surface area contributed by atoms with Gasteiger partial charge >= 0.3 is 0 Å². The highest BCUT2D eigenvalue weighted by Gasteiger charge is 2.22. The zero-order valence-electron chi connectivity index (χ0n) is 16.9. The Hall–Kier alpha value is -1.41. The van der Waals surface area contributed by atoms with Crippen LogP contribution in [0.1, 0.15) is 17.5 Å². The minimum Gasteiger partial charge on any atom is -0.371 e. The third-order valence-electron chi connectivity index (χ3n) is 5.08. The molecule has 1 fully saturated rings. The molecule has 0 saturated carbocycles. The molecule has 2 aromatic rings. The van der Waals surface area contributed by atoms with E-state index in [0.717, 1.165) is 32.1 Å². The first kappa shape index (κ1) is 22.9. The van der Waals surface area contributed by atoms with E-state index in [1.54, 1.807) is 11.8 Å². The highest BCUT2D eigenvalue weighted by Crippen LogP contribution is 2.23. The van der Waals surface area contributed by atoms with E-state index in [4.69, 9.17) is 0 Å². The van der Waals surface area contributed by atoms with Crippen LogP contribution in [-0.4, -0.2) is 38.9 Å². The molecule has 2 N–H and O–H groups in total. The predicted molar refractivity (Wildman–Crippen MR) is 133 cm³/mol. The zero-order valence-corrected chi connectivity index (χ0v) is 20.1. The number of aliphatic imine (C=N–C) groups is 1. The molecular weight excluding hydrogens is 479 g/mol. The van der Waals surface area contributed by atoms with E-state index in [-0.39, 0.29) is 24.0 Å². The van der Waals surface area contributed by atoms with Crippen LogP contribution in [0.4, 0.5) is 5.69 Å². The van der Waals surface area contributed by atoms with E-state index in [0.29, 0.717) is 5.92 Å². The van der Waals surface area contributed by atoms with Gasteiger partial charge in [0, 0.05) is 43.8 Å². The van der Waals surface area contributed by atoms with Gasteiger partial charge in [-0.15, -0.1) is 35.7 Å². The lowest BCUT2D eigenvalue weighted by Crippen LogP contribution is -2.40. The molecule has 1 unspecified atom stereocenters. The van der Waals surface area contributed by atoms with Crippen LogP contribution in [-0.2, 0) is 6.54 Å². The third-order valence-corrected chi connectivity index (χ3v) is 5.90. The summed E-state index contributed by atoms with van der Waals surface area (Å²) in [6, 6.07) is 17.3. The number of hydrogen-bond acceptors (Lipinski definition) is 3. The largest absolute Gasteiger partial charge is 0.371 e. The van der Waals surface area contributed by atoms with Crippen LogP contribution in [0.25, 0.3) is 0 Å². The molecule has 0 amide bonds. The highest BCUT2D eigenvalue weighted by molar-refractivity contribution is 14.0. The van der Waals surface area contributed by atoms with Crippen molar-refractivity contribution in [2.24, 2.45) is 10.9 Å². The van der Waals surface area contributed by atoms with Gasteiger partial charge in [0.15, 0.2) is 5.96 Å². The predicted octanol–water partition coefficient (Wildman–Crippen LogP) is 4.53. The van der Waals surface area contributed by atoms with Gasteiger partial charge < -0.3 is 15.5 Å². The van der Waals surface area contributed by atoms with E-state index in [1.165, 1.54) is 28.1 Å². The van der Waals surface area contributed by atoms with E-state index in [9.17, 15) is 0 Å². The van der Waals surface area contributed by atoms with Gasteiger partial charge in [0.2, 0.25) is 0 Å². The number of nitrogens with zero attached hydrogens (tertiary/aromatic N) is 2. The molecular formula is C22H31IN4S. The minimum atomic E-state index is 0. The molecule has 152 valence electrons. The van der Waals surface area contributed by atoms with Crippen molar-refractivity contribution in [3.8, 4) is 0 Å². The lowest BCUT2D eigenvalue weighted by Gasteiger charge is -2.19. The van der Waals surface area contributed by atoms with Gasteiger partial charge in [-0.2, -0.15) is 0 Å². The number of nitrogens with one attached hydrogen (secondary N) is 2. The Morgan fingerprint density at radius 3 is 2.68 bits per heavy atom. The maximum absolute atomic E-state index is 4.39. The number of benzene rings is 2. The van der Waals surface area contributed by atoms with Crippen molar-refractivity contribution in [3.63, 3.8) is 0 Å². The lowest BCUT2D eigenvalue weighted by atomic mass is 10.1. The first-order valence-electron chi connectivity index (χ1n) is 9.57. The lowest BCUT2D eigenvalue weighted by molar-refractivity contribution is 0.565. The molecule has 1 aliphatic rings. The molecule has 3 rings (SSSR count). The number of anilines is 1. The van der Waals surface area contributed by atoms with Crippen LogP contribution in [0.15, 0.2) is 58.4 Å². The van der Waals surface area contributed by atoms with Crippen LogP contribution < -0.4 is 15.5 Å². The summed E-state index contributed by atoms with van der Waals surface area (Å²) in [6.45, 7) is 6.10. The second-order valence-corrected chi connectivity index (χ2v) is 7.91. The van der Waals surface area contributed by atoms with Crippen molar-refractivity contribution in [3.05, 3.63) is 59.7 Å². The molecule has 1 heterocycles. The van der Waals surface area contributed by atoms with Gasteiger partial charge in [-0.25, -0.2) is 0 Å². The fraction of sp³-hybridized carbons (Fsp3) is 0.409. The summed E-state index contributed by atoms with van der Waals surface area (Å²) < 4.78 is 0. The quantitative estimate of drug-likeness (QED) is 0.260. The number of hydrogen-bond donors (Lipinski definition) is 2. The third kappa shape index (κ3) is 6.30. The molecule has 1 atom stereocenters. The fourth-order valence-corrected chi connectivity index (χ4v) is 4.22. The number of halogens is 1. The van der Waals surface area contributed by atoms with Crippen LogP contribution >= 0.6 is 35.7 Å². The number of thioether (sulfide) groups is 1. The van der Waals surface area contributed by atoms with Crippen molar-refractivity contribution in [1.29, 1.82) is 0 Å². The van der Waals surface area contributed by atoms with E-state index in [2.05, 4.69) is 82.2 Å². The number of rotatable bonds is 6. The molecule has 2 aromatic carbocycles. The van der Waals surface area contributed by atoms with Crippen LogP contribution in [0.2, 0.25) is 0 Å². The van der Waals surface area contributed by atoms with Gasteiger partial charge in [0.05, 0.1) is 0 Å². The second-order valence-electron chi connectivity index (χ2n) is 7.06. The second kappa shape index (κ2) is 11.6. The van der Waals surface area contributed by atoms with Gasteiger partial charge in [-0.05, 0) is 54.8 Å². The maximum Gasteiger partial charge on any atom is 0.191 e. The zero-order chi connectivity index (χ0) is 19.1. The van der Waals surface area contributed by atoms with E-state index in [1.807, 2.05) is 7.05 Å². The highest BCUT2D eigenvalue weighted by atomic mass is 127. The normalized spacial score (nSPS) is 16.6. The van der Waals surface area contributed by atoms with E-state index < -0.39 is 0 Å². The number of guanidine groups is 1. The molecule has 0 aromatic heterocycles. The van der Waals surface area contributed by atoms with Crippen molar-refractivity contribution in [2.75, 3.05) is 37.8 Å². The SMILES string of the molecule is CN=C(NCc1ccc(C)cc1SC)NCC1CCN(c2ccccc2)C1.I. The molecule has 0 bridgehead atoms. The molecule has 0 spiro atoms. The Kier molecular flexibility index (Phi) is 9.44. The molecule has 1 aliphatic heterocycles. The summed E-state index contributed by atoms with van der Waals surface area (Å²) in [5.74, 6) is 1.52. The van der Waals surface area contributed by atoms with Gasteiger partial charge in [0.1, 0.15) is 0 Å². The Morgan fingerprint density at radius 1 is 1.18 bits per heavy atom. The Bertz CT molecular complexity index is 766. The molecule has 28 heavy (non-hydrogen) atoms. The molecule has 0 aliphatic carbocycles. The van der Waals surface area contributed by atoms with Crippen LogP contribution in [0.3, 0.4) is 0 Å². The Morgan fingerprint density at radius 2 is 1.96 bits per heavy atom. The summed E-state index contributed by atoms with van der Waals surface area (Å²) in [4.78, 5) is 8.19. The molecule has 1 saturated heterocycles.